The van der Waals surface area contributed by atoms with Crippen LogP contribution in [-0.2, 0) is 65.4 Å². The molecule has 0 saturated carbocycles. The van der Waals surface area contributed by atoms with Crippen molar-refractivity contribution in [3.8, 4) is 0 Å². The minimum atomic E-state index is -4.95. The van der Waals surface area contributed by atoms with Crippen molar-refractivity contribution in [3.05, 3.63) is 0 Å². The van der Waals surface area contributed by atoms with Crippen molar-refractivity contribution < 1.29 is 80.2 Å². The molecule has 0 aromatic carbocycles. The number of carbonyl (C=O) groups is 4. The Bertz CT molecular complexity index is 1810. The van der Waals surface area contributed by atoms with Gasteiger partial charge >= 0.3 is 39.5 Å². The van der Waals surface area contributed by atoms with Crippen LogP contribution >= 0.6 is 15.6 Å². The Hall–Kier alpha value is -1.94. The van der Waals surface area contributed by atoms with Crippen LogP contribution in [0.2, 0.25) is 0 Å². The summed E-state index contributed by atoms with van der Waals surface area (Å²) in [5, 5.41) is 10.6. The molecule has 5 atom stereocenters. The summed E-state index contributed by atoms with van der Waals surface area (Å²) in [7, 11) is -9.91. The van der Waals surface area contributed by atoms with Gasteiger partial charge in [0, 0.05) is 25.7 Å². The van der Waals surface area contributed by atoms with Crippen molar-refractivity contribution in [3.63, 3.8) is 0 Å². The number of hydrogen-bond acceptors (Lipinski definition) is 15. The average Bonchev–Trinajstić information content (AvgIpc) is 3.50. The first kappa shape index (κ1) is 92.1. The van der Waals surface area contributed by atoms with Crippen molar-refractivity contribution in [1.29, 1.82) is 0 Å². The molecule has 0 aliphatic heterocycles. The third-order valence-corrected chi connectivity index (χ3v) is 19.4. The first-order valence-electron chi connectivity index (χ1n) is 39.1. The molecule has 0 aliphatic rings. The number of phosphoric ester groups is 2. The van der Waals surface area contributed by atoms with E-state index in [4.69, 9.17) is 37.0 Å². The number of unbranched alkanes of at least 4 members (excludes halogenated alkanes) is 47. The Labute approximate surface area is 575 Å². The molecular formula is C75H146O17P2. The van der Waals surface area contributed by atoms with Gasteiger partial charge in [0.25, 0.3) is 0 Å². The van der Waals surface area contributed by atoms with Crippen LogP contribution in [0, 0.1) is 5.92 Å². The molecule has 0 fully saturated rings. The van der Waals surface area contributed by atoms with Crippen LogP contribution in [-0.4, -0.2) is 96.7 Å². The maximum atomic E-state index is 13.1. The van der Waals surface area contributed by atoms with Gasteiger partial charge in [0.15, 0.2) is 12.2 Å². The van der Waals surface area contributed by atoms with Gasteiger partial charge in [-0.2, -0.15) is 0 Å². The van der Waals surface area contributed by atoms with Crippen molar-refractivity contribution in [1.82, 2.24) is 0 Å². The summed E-state index contributed by atoms with van der Waals surface area (Å²) in [6.45, 7) is 7.31. The number of rotatable bonds is 75. The van der Waals surface area contributed by atoms with Gasteiger partial charge in [-0.1, -0.05) is 343 Å². The Kier molecular flexibility index (Phi) is 66.8. The normalized spacial score (nSPS) is 14.0. The van der Waals surface area contributed by atoms with Gasteiger partial charge in [0.05, 0.1) is 26.4 Å². The molecule has 0 aromatic heterocycles. The van der Waals surface area contributed by atoms with E-state index in [9.17, 15) is 43.2 Å². The van der Waals surface area contributed by atoms with E-state index in [2.05, 4.69) is 34.6 Å². The summed E-state index contributed by atoms with van der Waals surface area (Å²) in [6.07, 6.45) is 56.7. The van der Waals surface area contributed by atoms with Gasteiger partial charge in [0.2, 0.25) is 0 Å². The molecule has 0 aliphatic carbocycles. The molecule has 558 valence electrons. The number of aliphatic hydroxyl groups excluding tert-OH is 1. The summed E-state index contributed by atoms with van der Waals surface area (Å²) in [6, 6.07) is 0. The Morgan fingerprint density at radius 3 is 0.723 bits per heavy atom. The van der Waals surface area contributed by atoms with Gasteiger partial charge in [-0.15, -0.1) is 0 Å². The summed E-state index contributed by atoms with van der Waals surface area (Å²) in [4.78, 5) is 72.7. The van der Waals surface area contributed by atoms with Gasteiger partial charge in [0.1, 0.15) is 19.3 Å². The molecule has 0 bridgehead atoms. The van der Waals surface area contributed by atoms with E-state index in [0.717, 1.165) is 95.8 Å². The van der Waals surface area contributed by atoms with E-state index in [0.29, 0.717) is 25.7 Å². The second kappa shape index (κ2) is 68.2. The zero-order chi connectivity index (χ0) is 69.1. The van der Waals surface area contributed by atoms with Gasteiger partial charge in [-0.3, -0.25) is 37.3 Å². The van der Waals surface area contributed by atoms with Crippen LogP contribution < -0.4 is 0 Å². The lowest BCUT2D eigenvalue weighted by Crippen LogP contribution is -2.30. The highest BCUT2D eigenvalue weighted by Gasteiger charge is 2.30. The predicted octanol–water partition coefficient (Wildman–Crippen LogP) is 22.1. The first-order valence-corrected chi connectivity index (χ1v) is 42.1. The molecule has 0 radical (unpaired) electrons. The first-order chi connectivity index (χ1) is 45.5. The summed E-state index contributed by atoms with van der Waals surface area (Å²) < 4.78 is 68.5. The van der Waals surface area contributed by atoms with Crippen molar-refractivity contribution in [2.45, 2.75) is 412 Å². The fraction of sp³-hybridized carbons (Fsp3) is 0.947. The zero-order valence-electron chi connectivity index (χ0n) is 61.1. The molecule has 2 unspecified atom stereocenters. The van der Waals surface area contributed by atoms with Crippen molar-refractivity contribution in [2.75, 3.05) is 39.6 Å². The molecule has 0 aromatic rings. The summed E-state index contributed by atoms with van der Waals surface area (Å²) in [5.74, 6) is -1.30. The average molecular weight is 1380 g/mol. The number of aliphatic hydroxyl groups is 1. The van der Waals surface area contributed by atoms with E-state index in [1.165, 1.54) is 218 Å². The standard InChI is InChI=1S/C75H146O17P2/c1-6-9-12-15-18-21-24-29-35-39-44-49-54-59-73(78)86-65-71(92-75(80)61-56-51-46-41-36-31-28-26-25-27-30-34-37-42-47-52-57-68(4)5)67-90-94(83,84)88-63-69(76)62-87-93(81,82)89-66-70(91-74(79)60-55-50-45-40-33-23-20-17-14-11-8-3)64-85-72(77)58-53-48-43-38-32-22-19-16-13-10-7-2/h68-71,76H,6-67H2,1-5H3,(H,81,82)(H,83,84)/t69-,70+,71+/m0/s1. The lowest BCUT2D eigenvalue weighted by molar-refractivity contribution is -0.161. The second-order valence-corrected chi connectivity index (χ2v) is 30.4. The smallest absolute Gasteiger partial charge is 0.462 e. The largest absolute Gasteiger partial charge is 0.472 e. The highest BCUT2D eigenvalue weighted by Crippen LogP contribution is 2.45. The molecule has 19 heteroatoms. The molecule has 17 nitrogen and oxygen atoms in total. The quantitative estimate of drug-likeness (QED) is 0.0222. The van der Waals surface area contributed by atoms with Crippen LogP contribution in [0.1, 0.15) is 394 Å². The lowest BCUT2D eigenvalue weighted by Gasteiger charge is -2.21. The maximum Gasteiger partial charge on any atom is 0.472 e. The Morgan fingerprint density at radius 2 is 0.489 bits per heavy atom. The summed E-state index contributed by atoms with van der Waals surface area (Å²) in [5.41, 5.74) is 0. The van der Waals surface area contributed by atoms with Crippen molar-refractivity contribution in [2.24, 2.45) is 5.92 Å². The molecular weight excluding hydrogens is 1230 g/mol. The van der Waals surface area contributed by atoms with Gasteiger partial charge in [-0.05, 0) is 31.6 Å². The molecule has 0 amide bonds. The predicted molar refractivity (Wildman–Crippen MR) is 382 cm³/mol. The van der Waals surface area contributed by atoms with Crippen LogP contribution in [0.5, 0.6) is 0 Å². The molecule has 0 saturated heterocycles. The highest BCUT2D eigenvalue weighted by atomic mass is 31.2. The molecule has 0 rings (SSSR count). The third kappa shape index (κ3) is 68.6. The number of ether oxygens (including phenoxy) is 4. The number of hydrogen-bond donors (Lipinski definition) is 3. The van der Waals surface area contributed by atoms with Crippen LogP contribution in [0.15, 0.2) is 0 Å². The topological polar surface area (TPSA) is 237 Å². The highest BCUT2D eigenvalue weighted by molar-refractivity contribution is 7.47. The third-order valence-electron chi connectivity index (χ3n) is 17.5. The fourth-order valence-corrected chi connectivity index (χ4v) is 13.1. The molecule has 0 spiro atoms. The van der Waals surface area contributed by atoms with Crippen molar-refractivity contribution >= 4 is 39.5 Å². The van der Waals surface area contributed by atoms with E-state index >= 15 is 0 Å². The SMILES string of the molecule is CCCCCCCCCCCCCCCC(=O)OC[C@H](COP(=O)(O)OC[C@@H](O)COP(=O)(O)OC[C@@H](COC(=O)CCCCCCCCCCCCC)OC(=O)CCCCCCCCCCCCC)OC(=O)CCCCCCCCCCCCCCCCCCC(C)C. The summed E-state index contributed by atoms with van der Waals surface area (Å²) >= 11 is 0. The minimum Gasteiger partial charge on any atom is -0.462 e. The second-order valence-electron chi connectivity index (χ2n) is 27.5. The lowest BCUT2D eigenvalue weighted by atomic mass is 10.0. The van der Waals surface area contributed by atoms with E-state index < -0.39 is 97.5 Å². The Morgan fingerprint density at radius 1 is 0.287 bits per heavy atom. The van der Waals surface area contributed by atoms with Crippen LogP contribution in [0.3, 0.4) is 0 Å². The van der Waals surface area contributed by atoms with Crippen LogP contribution in [0.4, 0.5) is 0 Å². The monoisotopic (exact) mass is 1380 g/mol. The molecule has 94 heavy (non-hydrogen) atoms. The number of carbonyl (C=O) groups excluding carboxylic acids is 4. The Balaban J connectivity index is 5.22. The van der Waals surface area contributed by atoms with E-state index in [1.54, 1.807) is 0 Å². The number of esters is 4. The molecule has 0 heterocycles. The molecule has 3 N–H and O–H groups in total. The van der Waals surface area contributed by atoms with Gasteiger partial charge < -0.3 is 33.8 Å². The van der Waals surface area contributed by atoms with Crippen LogP contribution in [0.25, 0.3) is 0 Å². The zero-order valence-corrected chi connectivity index (χ0v) is 62.9. The maximum absolute atomic E-state index is 13.1. The number of phosphoric acid groups is 2. The minimum absolute atomic E-state index is 0.107. The van der Waals surface area contributed by atoms with E-state index in [-0.39, 0.29) is 25.7 Å². The van der Waals surface area contributed by atoms with E-state index in [1.807, 2.05) is 0 Å². The fourth-order valence-electron chi connectivity index (χ4n) is 11.5. The van der Waals surface area contributed by atoms with Gasteiger partial charge in [-0.25, -0.2) is 9.13 Å².